The molecular formula is C16H18N4O4S2. The highest BCUT2D eigenvalue weighted by Gasteiger charge is 2.28. The molecule has 2 rings (SSSR count). The van der Waals surface area contributed by atoms with Gasteiger partial charge < -0.3 is 5.73 Å². The Morgan fingerprint density at radius 3 is 2.27 bits per heavy atom. The maximum absolute atomic E-state index is 12.5. The van der Waals surface area contributed by atoms with Gasteiger partial charge in [0.15, 0.2) is 0 Å². The van der Waals surface area contributed by atoms with Gasteiger partial charge in [-0.05, 0) is 22.8 Å². The van der Waals surface area contributed by atoms with Gasteiger partial charge in [0, 0.05) is 13.1 Å². The molecular weight excluding hydrogens is 376 g/mol. The van der Waals surface area contributed by atoms with Crippen LogP contribution < -0.4 is 10.5 Å². The van der Waals surface area contributed by atoms with Crippen LogP contribution in [0, 0.1) is 11.3 Å². The monoisotopic (exact) mass is 394 g/mol. The van der Waals surface area contributed by atoms with E-state index in [9.17, 15) is 17.2 Å². The first kappa shape index (κ1) is 20.2. The van der Waals surface area contributed by atoms with E-state index in [1.807, 2.05) is 6.07 Å². The van der Waals surface area contributed by atoms with Gasteiger partial charge in [-0.2, -0.15) is 18.4 Å². The predicted octanol–water partition coefficient (Wildman–Crippen LogP) is 0.990. The zero-order chi connectivity index (χ0) is 19.2. The lowest BCUT2D eigenvalue weighted by Crippen LogP contribution is -2.41. The molecule has 0 heterocycles. The molecule has 0 aliphatic carbocycles. The molecule has 0 radical (unpaired) electrons. The molecule has 138 valence electrons. The lowest BCUT2D eigenvalue weighted by atomic mass is 10.1. The summed E-state index contributed by atoms with van der Waals surface area (Å²) in [5.41, 5.74) is 7.61. The zero-order valence-corrected chi connectivity index (χ0v) is 15.3. The van der Waals surface area contributed by atoms with Crippen molar-refractivity contribution < 1.29 is 17.2 Å². The number of nitrogens with zero attached hydrogens (tertiary/aromatic N) is 2. The minimum atomic E-state index is -4.29. The fraction of sp³-hybridized carbons (Fsp3) is 0.188. The van der Waals surface area contributed by atoms with Gasteiger partial charge in [0.2, 0.25) is 11.3 Å². The van der Waals surface area contributed by atoms with E-state index in [0.717, 1.165) is 0 Å². The van der Waals surface area contributed by atoms with Gasteiger partial charge in [0.25, 0.3) is 10.2 Å². The number of nitrogens with one attached hydrogen (secondary N) is 1. The van der Waals surface area contributed by atoms with E-state index in [1.165, 1.54) is 0 Å². The molecule has 1 unspecified atom stereocenters. The van der Waals surface area contributed by atoms with Gasteiger partial charge in [-0.15, -0.1) is 0 Å². The van der Waals surface area contributed by atoms with Crippen LogP contribution in [0.5, 0.6) is 0 Å². The number of nitrogens with two attached hydrogens (primary N) is 1. The zero-order valence-electron chi connectivity index (χ0n) is 13.7. The summed E-state index contributed by atoms with van der Waals surface area (Å²) in [4.78, 5) is 0. The summed E-state index contributed by atoms with van der Waals surface area (Å²) in [6, 6.07) is 15.3. The summed E-state index contributed by atoms with van der Waals surface area (Å²) in [5, 5.41) is 9.06. The van der Waals surface area contributed by atoms with Crippen LogP contribution in [0.4, 0.5) is 0 Å². The van der Waals surface area contributed by atoms with Gasteiger partial charge in [0.05, 0.1) is 18.2 Å². The molecule has 0 saturated heterocycles. The van der Waals surface area contributed by atoms with E-state index in [-0.39, 0.29) is 19.6 Å². The quantitative estimate of drug-likeness (QED) is 0.571. The molecule has 0 fully saturated rings. The van der Waals surface area contributed by atoms with Crippen molar-refractivity contribution in [2.75, 3.05) is 0 Å². The second-order valence-electron chi connectivity index (χ2n) is 5.26. The first-order valence-corrected chi connectivity index (χ1v) is 10.0. The Morgan fingerprint density at radius 2 is 1.69 bits per heavy atom. The third kappa shape index (κ3) is 4.95. The van der Waals surface area contributed by atoms with Crippen LogP contribution in [-0.2, 0) is 41.1 Å². The fourth-order valence-corrected chi connectivity index (χ4v) is 4.17. The average Bonchev–Trinajstić information content (AvgIpc) is 2.64. The van der Waals surface area contributed by atoms with Gasteiger partial charge in [-0.1, -0.05) is 46.2 Å². The topological polar surface area (TPSA) is 137 Å². The van der Waals surface area contributed by atoms with E-state index in [0.29, 0.717) is 26.0 Å². The van der Waals surface area contributed by atoms with Crippen molar-refractivity contribution in [2.24, 2.45) is 5.73 Å². The lowest BCUT2D eigenvalue weighted by Gasteiger charge is -2.20. The maximum Gasteiger partial charge on any atom is 0.293 e. The minimum Gasteiger partial charge on any atom is -0.326 e. The van der Waals surface area contributed by atoms with Crippen LogP contribution in [0.25, 0.3) is 0 Å². The van der Waals surface area contributed by atoms with Crippen molar-refractivity contribution in [3.05, 3.63) is 70.8 Å². The summed E-state index contributed by atoms with van der Waals surface area (Å²) in [7, 11) is -4.29. The Hall–Kier alpha value is -2.13. The predicted molar refractivity (Wildman–Crippen MR) is 97.6 cm³/mol. The average molecular weight is 394 g/mol. The molecule has 0 aliphatic heterocycles. The van der Waals surface area contributed by atoms with Crippen molar-refractivity contribution >= 4 is 21.5 Å². The van der Waals surface area contributed by atoms with Crippen LogP contribution in [0.3, 0.4) is 0 Å². The third-order valence-corrected chi connectivity index (χ3v) is 6.29. The van der Waals surface area contributed by atoms with E-state index < -0.39 is 21.5 Å². The number of hydrogen-bond donors (Lipinski definition) is 3. The molecule has 0 spiro atoms. The van der Waals surface area contributed by atoms with E-state index in [2.05, 4.69) is 4.72 Å². The second kappa shape index (κ2) is 9.00. The summed E-state index contributed by atoms with van der Waals surface area (Å²) < 4.78 is 48.8. The summed E-state index contributed by atoms with van der Waals surface area (Å²) in [6.45, 7) is -0.324. The largest absolute Gasteiger partial charge is 0.326 e. The Bertz CT molecular complexity index is 941. The van der Waals surface area contributed by atoms with Crippen LogP contribution in [0.2, 0.25) is 0 Å². The SMILES string of the molecule is N#Cc1ccccc1CNS(=O)(=O)N(Cc1ccccc1CN)S(=O)O. The van der Waals surface area contributed by atoms with Gasteiger partial charge in [-0.3, -0.25) is 4.55 Å². The van der Waals surface area contributed by atoms with Crippen molar-refractivity contribution in [3.63, 3.8) is 0 Å². The van der Waals surface area contributed by atoms with Crippen molar-refractivity contribution in [2.45, 2.75) is 19.6 Å². The highest BCUT2D eigenvalue weighted by Crippen LogP contribution is 2.15. The number of benzene rings is 2. The highest BCUT2D eigenvalue weighted by atomic mass is 32.3. The molecule has 0 aromatic heterocycles. The first-order chi connectivity index (χ1) is 12.4. The molecule has 10 heteroatoms. The molecule has 2 aromatic carbocycles. The van der Waals surface area contributed by atoms with Gasteiger partial charge in [0.1, 0.15) is 0 Å². The number of hydrogen-bond acceptors (Lipinski definition) is 5. The van der Waals surface area contributed by atoms with Crippen molar-refractivity contribution in [1.82, 2.24) is 8.43 Å². The molecule has 2 aromatic rings. The third-order valence-electron chi connectivity index (χ3n) is 3.66. The van der Waals surface area contributed by atoms with E-state index in [4.69, 9.17) is 11.0 Å². The first-order valence-electron chi connectivity index (χ1n) is 7.52. The van der Waals surface area contributed by atoms with Crippen LogP contribution in [-0.4, -0.2) is 20.9 Å². The summed E-state index contributed by atoms with van der Waals surface area (Å²) in [6.07, 6.45) is 0. The maximum atomic E-state index is 12.5. The van der Waals surface area contributed by atoms with Crippen LogP contribution in [0.15, 0.2) is 48.5 Å². The summed E-state index contributed by atoms with van der Waals surface area (Å²) >= 11 is -2.77. The number of rotatable bonds is 8. The van der Waals surface area contributed by atoms with Gasteiger partial charge in [-0.25, -0.2) is 4.21 Å². The minimum absolute atomic E-state index is 0.172. The molecule has 8 nitrogen and oxygen atoms in total. The molecule has 1 atom stereocenters. The standard InChI is InChI=1S/C16H18N4O4S2/c17-9-13-5-1-3-7-15(13)11-19-26(23,24)20(25(21)22)12-16-8-4-2-6-14(16)10-18/h1-8,19H,10-12,18H2,(H,21,22). The van der Waals surface area contributed by atoms with Crippen molar-refractivity contribution in [1.29, 1.82) is 5.26 Å². The van der Waals surface area contributed by atoms with Crippen LogP contribution in [0.1, 0.15) is 22.3 Å². The number of nitriles is 1. The van der Waals surface area contributed by atoms with E-state index in [1.54, 1.807) is 48.5 Å². The van der Waals surface area contributed by atoms with E-state index >= 15 is 0 Å². The smallest absolute Gasteiger partial charge is 0.293 e. The van der Waals surface area contributed by atoms with Crippen LogP contribution >= 0.6 is 0 Å². The molecule has 26 heavy (non-hydrogen) atoms. The Balaban J connectivity index is 2.22. The Kier molecular flexibility index (Phi) is 6.98. The lowest BCUT2D eigenvalue weighted by molar-refractivity contribution is 0.467. The highest BCUT2D eigenvalue weighted by molar-refractivity contribution is 7.98. The molecule has 4 N–H and O–H groups in total. The second-order valence-corrected chi connectivity index (χ2v) is 8.07. The molecule has 0 saturated carbocycles. The Labute approximate surface area is 154 Å². The fourth-order valence-electron chi connectivity index (χ4n) is 2.30. The summed E-state index contributed by atoms with van der Waals surface area (Å²) in [5.74, 6) is 0. The van der Waals surface area contributed by atoms with Crippen molar-refractivity contribution in [3.8, 4) is 6.07 Å². The normalized spacial score (nSPS) is 12.7. The molecule has 0 bridgehead atoms. The van der Waals surface area contributed by atoms with Gasteiger partial charge >= 0.3 is 0 Å². The molecule has 0 amide bonds. The molecule has 0 aliphatic rings. The Morgan fingerprint density at radius 1 is 1.12 bits per heavy atom.